The molecular formula is C15H21FN2O3. The quantitative estimate of drug-likeness (QED) is 0.644. The molecule has 0 atom stereocenters. The highest BCUT2D eigenvalue weighted by atomic mass is 19.1. The number of aliphatic carboxylic acids is 1. The lowest BCUT2D eigenvalue weighted by atomic mass is 10.1. The van der Waals surface area contributed by atoms with E-state index in [0.717, 1.165) is 19.3 Å². The van der Waals surface area contributed by atoms with E-state index < -0.39 is 5.97 Å². The third kappa shape index (κ3) is 7.29. The first-order valence-electron chi connectivity index (χ1n) is 7.02. The van der Waals surface area contributed by atoms with Gasteiger partial charge in [-0.25, -0.2) is 9.18 Å². The van der Waals surface area contributed by atoms with Gasteiger partial charge in [0.1, 0.15) is 5.82 Å². The van der Waals surface area contributed by atoms with Crippen LogP contribution in [0.5, 0.6) is 0 Å². The minimum atomic E-state index is -0.776. The van der Waals surface area contributed by atoms with Crippen LogP contribution < -0.4 is 10.6 Å². The van der Waals surface area contributed by atoms with Gasteiger partial charge in [-0.3, -0.25) is 4.79 Å². The lowest BCUT2D eigenvalue weighted by Crippen LogP contribution is -2.29. The summed E-state index contributed by atoms with van der Waals surface area (Å²) in [5.74, 6) is -1.11. The normalized spacial score (nSPS) is 10.2. The Kier molecular flexibility index (Phi) is 7.21. The van der Waals surface area contributed by atoms with E-state index >= 15 is 0 Å². The Morgan fingerprint density at radius 3 is 2.57 bits per heavy atom. The van der Waals surface area contributed by atoms with Crippen LogP contribution >= 0.6 is 0 Å². The van der Waals surface area contributed by atoms with Crippen molar-refractivity contribution in [3.8, 4) is 0 Å². The number of hydrogen-bond donors (Lipinski definition) is 3. The van der Waals surface area contributed by atoms with Gasteiger partial charge in [0.2, 0.25) is 0 Å². The van der Waals surface area contributed by atoms with Crippen molar-refractivity contribution in [3.63, 3.8) is 0 Å². The number of carbonyl (C=O) groups is 2. The van der Waals surface area contributed by atoms with Crippen molar-refractivity contribution in [2.45, 2.75) is 39.0 Å². The summed E-state index contributed by atoms with van der Waals surface area (Å²) in [6.07, 6.45) is 3.37. The van der Waals surface area contributed by atoms with E-state index in [1.54, 1.807) is 6.92 Å². The van der Waals surface area contributed by atoms with Crippen LogP contribution in [0.1, 0.15) is 37.7 Å². The van der Waals surface area contributed by atoms with Gasteiger partial charge in [-0.2, -0.15) is 0 Å². The highest BCUT2D eigenvalue weighted by molar-refractivity contribution is 5.89. The summed E-state index contributed by atoms with van der Waals surface area (Å²) in [6, 6.07) is 3.86. The molecule has 2 amide bonds. The van der Waals surface area contributed by atoms with Crippen molar-refractivity contribution in [2.75, 3.05) is 11.9 Å². The fourth-order valence-corrected chi connectivity index (χ4v) is 1.89. The minimum absolute atomic E-state index is 0.192. The first-order valence-corrected chi connectivity index (χ1v) is 7.02. The second kappa shape index (κ2) is 8.94. The van der Waals surface area contributed by atoms with E-state index in [4.69, 9.17) is 5.11 Å². The summed E-state index contributed by atoms with van der Waals surface area (Å²) in [5.41, 5.74) is 1.24. The summed E-state index contributed by atoms with van der Waals surface area (Å²) < 4.78 is 12.9. The number of urea groups is 1. The molecule has 0 aliphatic carbocycles. The maximum absolute atomic E-state index is 12.9. The zero-order valence-corrected chi connectivity index (χ0v) is 12.1. The summed E-state index contributed by atoms with van der Waals surface area (Å²) in [4.78, 5) is 21.9. The number of unbranched alkanes of at least 4 members (excludes halogenated alkanes) is 3. The van der Waals surface area contributed by atoms with Crippen molar-refractivity contribution >= 4 is 17.7 Å². The summed E-state index contributed by atoms with van der Waals surface area (Å²) in [7, 11) is 0. The van der Waals surface area contributed by atoms with Gasteiger partial charge >= 0.3 is 12.0 Å². The molecule has 3 N–H and O–H groups in total. The Morgan fingerprint density at radius 2 is 1.90 bits per heavy atom. The van der Waals surface area contributed by atoms with Gasteiger partial charge in [-0.05, 0) is 43.5 Å². The van der Waals surface area contributed by atoms with Crippen molar-refractivity contribution in [1.82, 2.24) is 5.32 Å². The average Bonchev–Trinajstić information content (AvgIpc) is 2.40. The van der Waals surface area contributed by atoms with E-state index in [0.29, 0.717) is 24.2 Å². The standard InChI is InChI=1S/C15H21FN2O3/c1-11-10-12(16)7-8-13(11)18-15(21)17-9-5-3-2-4-6-14(19)20/h7-8,10H,2-6,9H2,1H3,(H,19,20)(H2,17,18,21). The van der Waals surface area contributed by atoms with Gasteiger partial charge in [-0.1, -0.05) is 12.8 Å². The predicted molar refractivity (Wildman–Crippen MR) is 78.9 cm³/mol. The number of carboxylic acids is 1. The first kappa shape index (κ1) is 16.9. The number of hydrogen-bond acceptors (Lipinski definition) is 2. The second-order valence-corrected chi connectivity index (χ2v) is 4.90. The molecule has 0 spiro atoms. The van der Waals surface area contributed by atoms with Gasteiger partial charge < -0.3 is 15.7 Å². The SMILES string of the molecule is Cc1cc(F)ccc1NC(=O)NCCCCCCC(=O)O. The van der Waals surface area contributed by atoms with Crippen LogP contribution in [-0.2, 0) is 4.79 Å². The van der Waals surface area contributed by atoms with Crippen LogP contribution in [0.2, 0.25) is 0 Å². The molecule has 1 aromatic rings. The van der Waals surface area contributed by atoms with Crippen molar-refractivity contribution in [2.24, 2.45) is 0 Å². The number of aryl methyl sites for hydroxylation is 1. The Bertz CT molecular complexity index is 492. The molecule has 0 unspecified atom stereocenters. The number of anilines is 1. The third-order valence-electron chi connectivity index (χ3n) is 3.04. The zero-order valence-electron chi connectivity index (χ0n) is 12.1. The van der Waals surface area contributed by atoms with Crippen LogP contribution in [0.3, 0.4) is 0 Å². The van der Waals surface area contributed by atoms with E-state index in [9.17, 15) is 14.0 Å². The van der Waals surface area contributed by atoms with Crippen molar-refractivity contribution < 1.29 is 19.1 Å². The van der Waals surface area contributed by atoms with Crippen LogP contribution in [-0.4, -0.2) is 23.7 Å². The Labute approximate surface area is 123 Å². The summed E-state index contributed by atoms with van der Waals surface area (Å²) in [6.45, 7) is 2.25. The second-order valence-electron chi connectivity index (χ2n) is 4.90. The molecule has 0 bridgehead atoms. The van der Waals surface area contributed by atoms with E-state index in [1.807, 2.05) is 0 Å². The van der Waals surface area contributed by atoms with Crippen LogP contribution in [0.25, 0.3) is 0 Å². The number of benzene rings is 1. The molecule has 0 aliphatic heterocycles. The fraction of sp³-hybridized carbons (Fsp3) is 0.467. The maximum Gasteiger partial charge on any atom is 0.319 e. The summed E-state index contributed by atoms with van der Waals surface area (Å²) >= 11 is 0. The number of rotatable bonds is 8. The molecule has 1 rings (SSSR count). The molecule has 21 heavy (non-hydrogen) atoms. The number of nitrogens with one attached hydrogen (secondary N) is 2. The number of carboxylic acid groups (broad SMARTS) is 1. The smallest absolute Gasteiger partial charge is 0.319 e. The lowest BCUT2D eigenvalue weighted by Gasteiger charge is -2.09. The van der Waals surface area contributed by atoms with Crippen molar-refractivity contribution in [3.05, 3.63) is 29.6 Å². The van der Waals surface area contributed by atoms with E-state index in [2.05, 4.69) is 10.6 Å². The highest BCUT2D eigenvalue weighted by Gasteiger charge is 2.04. The van der Waals surface area contributed by atoms with Gasteiger partial charge in [-0.15, -0.1) is 0 Å². The molecule has 0 saturated heterocycles. The average molecular weight is 296 g/mol. The van der Waals surface area contributed by atoms with Gasteiger partial charge in [0.05, 0.1) is 0 Å². The maximum atomic E-state index is 12.9. The monoisotopic (exact) mass is 296 g/mol. The molecule has 0 saturated carbocycles. The Balaban J connectivity index is 2.15. The number of carbonyl (C=O) groups excluding carboxylic acids is 1. The summed E-state index contributed by atoms with van der Waals surface area (Å²) in [5, 5.41) is 13.9. The minimum Gasteiger partial charge on any atom is -0.481 e. The molecule has 1 aromatic carbocycles. The molecule has 0 aliphatic rings. The predicted octanol–water partition coefficient (Wildman–Crippen LogP) is 3.29. The van der Waals surface area contributed by atoms with Crippen molar-refractivity contribution in [1.29, 1.82) is 0 Å². The number of halogens is 1. The fourth-order valence-electron chi connectivity index (χ4n) is 1.89. The largest absolute Gasteiger partial charge is 0.481 e. The van der Waals surface area contributed by atoms with Gasteiger partial charge in [0.25, 0.3) is 0 Å². The third-order valence-corrected chi connectivity index (χ3v) is 3.04. The number of amides is 2. The van der Waals surface area contributed by atoms with E-state index in [1.165, 1.54) is 18.2 Å². The van der Waals surface area contributed by atoms with Crippen LogP contribution in [0.4, 0.5) is 14.9 Å². The van der Waals surface area contributed by atoms with Crippen LogP contribution in [0, 0.1) is 12.7 Å². The zero-order chi connectivity index (χ0) is 15.7. The molecule has 116 valence electrons. The van der Waals surface area contributed by atoms with Gasteiger partial charge in [0.15, 0.2) is 0 Å². The molecule has 0 fully saturated rings. The highest BCUT2D eigenvalue weighted by Crippen LogP contribution is 2.15. The van der Waals surface area contributed by atoms with Gasteiger partial charge in [0, 0.05) is 18.7 Å². The molecular weight excluding hydrogens is 275 g/mol. The molecule has 0 radical (unpaired) electrons. The Hall–Kier alpha value is -2.11. The molecule has 6 heteroatoms. The van der Waals surface area contributed by atoms with E-state index in [-0.39, 0.29) is 18.3 Å². The first-order chi connectivity index (χ1) is 9.99. The lowest BCUT2D eigenvalue weighted by molar-refractivity contribution is -0.137. The Morgan fingerprint density at radius 1 is 1.19 bits per heavy atom. The van der Waals surface area contributed by atoms with Crippen LogP contribution in [0.15, 0.2) is 18.2 Å². The topological polar surface area (TPSA) is 78.4 Å². The molecule has 0 aromatic heterocycles. The molecule has 0 heterocycles. The molecule has 5 nitrogen and oxygen atoms in total.